The van der Waals surface area contributed by atoms with Gasteiger partial charge in [-0.1, -0.05) is 6.92 Å². The van der Waals surface area contributed by atoms with E-state index < -0.39 is 0 Å². The average Bonchev–Trinajstić information content (AvgIpc) is 2.04. The van der Waals surface area contributed by atoms with Gasteiger partial charge in [0, 0.05) is 11.8 Å². The Bertz CT molecular complexity index is 119. The van der Waals surface area contributed by atoms with Crippen LogP contribution in [0.3, 0.4) is 0 Å². The third-order valence-electron chi connectivity index (χ3n) is 1.33. The molecule has 11 heavy (non-hydrogen) atoms. The third-order valence-corrected chi connectivity index (χ3v) is 2.30. The van der Waals surface area contributed by atoms with Crippen LogP contribution in [0.15, 0.2) is 0 Å². The second-order valence-electron chi connectivity index (χ2n) is 2.25. The van der Waals surface area contributed by atoms with Gasteiger partial charge in [0.15, 0.2) is 0 Å². The Hall–Kier alpha value is -0.220. The van der Waals surface area contributed by atoms with Crippen LogP contribution in [0.2, 0.25) is 0 Å². The van der Waals surface area contributed by atoms with Crippen molar-refractivity contribution >= 4 is 17.7 Å². The molecule has 0 aliphatic rings. The van der Waals surface area contributed by atoms with Gasteiger partial charge in [-0.05, 0) is 6.26 Å². The molecule has 66 valence electrons. The van der Waals surface area contributed by atoms with Crippen LogP contribution in [0.1, 0.15) is 6.92 Å². The maximum atomic E-state index is 10.6. The molecular weight excluding hydrogens is 162 g/mol. The number of hydrogen-bond donors (Lipinski definition) is 1. The molecule has 0 rings (SSSR count). The van der Waals surface area contributed by atoms with Gasteiger partial charge in [0.2, 0.25) is 0 Å². The molecule has 0 spiro atoms. The van der Waals surface area contributed by atoms with E-state index in [0.717, 1.165) is 6.54 Å². The van der Waals surface area contributed by atoms with Crippen molar-refractivity contribution in [3.8, 4) is 0 Å². The number of carbonyl (C=O) groups excluding carboxylic acids is 1. The zero-order chi connectivity index (χ0) is 8.69. The highest BCUT2D eigenvalue weighted by molar-refractivity contribution is 7.99. The first-order valence-corrected chi connectivity index (χ1v) is 4.79. The lowest BCUT2D eigenvalue weighted by Crippen LogP contribution is -2.29. The van der Waals surface area contributed by atoms with Gasteiger partial charge >= 0.3 is 5.97 Å². The van der Waals surface area contributed by atoms with Gasteiger partial charge in [-0.25, -0.2) is 0 Å². The zero-order valence-corrected chi connectivity index (χ0v) is 8.03. The van der Waals surface area contributed by atoms with Crippen molar-refractivity contribution in [2.75, 3.05) is 26.5 Å². The third kappa shape index (κ3) is 6.19. The minimum atomic E-state index is -0.210. The quantitative estimate of drug-likeness (QED) is 0.621. The molecule has 0 radical (unpaired) electrons. The van der Waals surface area contributed by atoms with E-state index in [1.807, 2.05) is 6.26 Å². The van der Waals surface area contributed by atoms with E-state index in [1.165, 1.54) is 7.11 Å². The molecule has 0 saturated heterocycles. The van der Waals surface area contributed by atoms with Crippen molar-refractivity contribution in [1.29, 1.82) is 0 Å². The molecule has 3 nitrogen and oxygen atoms in total. The maximum absolute atomic E-state index is 10.6. The second kappa shape index (κ2) is 6.49. The second-order valence-corrected chi connectivity index (χ2v) is 3.53. The molecule has 0 aliphatic carbocycles. The molecule has 0 fully saturated rings. The highest BCUT2D eigenvalue weighted by Crippen LogP contribution is 2.01. The number of carbonyl (C=O) groups is 1. The van der Waals surface area contributed by atoms with E-state index in [1.54, 1.807) is 11.8 Å². The highest BCUT2D eigenvalue weighted by atomic mass is 32.2. The summed E-state index contributed by atoms with van der Waals surface area (Å²) in [7, 11) is 1.39. The normalized spacial score (nSPS) is 12.6. The summed E-state index contributed by atoms with van der Waals surface area (Å²) in [6, 6.07) is 0. The van der Waals surface area contributed by atoms with Crippen LogP contribution >= 0.6 is 11.8 Å². The first-order valence-electron chi connectivity index (χ1n) is 3.51. The molecule has 4 heteroatoms. The van der Waals surface area contributed by atoms with Gasteiger partial charge in [0.25, 0.3) is 0 Å². The van der Waals surface area contributed by atoms with E-state index in [9.17, 15) is 4.79 Å². The monoisotopic (exact) mass is 177 g/mol. The molecule has 0 aromatic carbocycles. The first kappa shape index (κ1) is 10.8. The summed E-state index contributed by atoms with van der Waals surface area (Å²) < 4.78 is 4.46. The number of hydrogen-bond acceptors (Lipinski definition) is 4. The van der Waals surface area contributed by atoms with Crippen molar-refractivity contribution in [3.63, 3.8) is 0 Å². The van der Waals surface area contributed by atoms with Crippen molar-refractivity contribution in [2.24, 2.45) is 0 Å². The maximum Gasteiger partial charge on any atom is 0.319 e. The fourth-order valence-corrected chi connectivity index (χ4v) is 0.818. The molecule has 0 amide bonds. The Morgan fingerprint density at radius 2 is 2.36 bits per heavy atom. The number of rotatable bonds is 5. The lowest BCUT2D eigenvalue weighted by Gasteiger charge is -2.07. The van der Waals surface area contributed by atoms with E-state index in [4.69, 9.17) is 0 Å². The predicted octanol–water partition coefficient (Wildman–Crippen LogP) is 0.500. The van der Waals surface area contributed by atoms with Crippen LogP contribution in [0, 0.1) is 0 Å². The van der Waals surface area contributed by atoms with Crippen LogP contribution in [0.4, 0.5) is 0 Å². The lowest BCUT2D eigenvalue weighted by atomic mass is 10.4. The van der Waals surface area contributed by atoms with E-state index in [-0.39, 0.29) is 5.97 Å². The predicted molar refractivity (Wildman–Crippen MR) is 47.9 cm³/mol. The number of thioether (sulfide) groups is 1. The summed E-state index contributed by atoms with van der Waals surface area (Å²) in [6.07, 6.45) is 2.05. The van der Waals surface area contributed by atoms with Crippen molar-refractivity contribution in [1.82, 2.24) is 5.32 Å². The fraction of sp³-hybridized carbons (Fsp3) is 0.857. The number of nitrogens with one attached hydrogen (secondary N) is 1. The number of ether oxygens (including phenoxy) is 1. The van der Waals surface area contributed by atoms with Crippen LogP contribution in [-0.2, 0) is 9.53 Å². The minimum Gasteiger partial charge on any atom is -0.468 e. The van der Waals surface area contributed by atoms with Crippen LogP contribution < -0.4 is 5.32 Å². The van der Waals surface area contributed by atoms with Gasteiger partial charge < -0.3 is 10.1 Å². The molecule has 0 aromatic heterocycles. The summed E-state index contributed by atoms with van der Waals surface area (Å²) in [5.74, 6) is -0.210. The molecule has 0 aromatic rings. The Kier molecular flexibility index (Phi) is 6.36. The SMILES string of the molecule is COC(=O)CNCC(C)SC. The van der Waals surface area contributed by atoms with Crippen molar-refractivity contribution < 1.29 is 9.53 Å². The Morgan fingerprint density at radius 1 is 1.73 bits per heavy atom. The largest absolute Gasteiger partial charge is 0.468 e. The van der Waals surface area contributed by atoms with Crippen LogP contribution in [0.25, 0.3) is 0 Å². The van der Waals surface area contributed by atoms with Gasteiger partial charge in [-0.3, -0.25) is 4.79 Å². The van der Waals surface area contributed by atoms with Crippen LogP contribution in [0.5, 0.6) is 0 Å². The number of methoxy groups -OCH3 is 1. The van der Waals surface area contributed by atoms with Gasteiger partial charge in [-0.2, -0.15) is 11.8 Å². The molecule has 0 heterocycles. The average molecular weight is 177 g/mol. The smallest absolute Gasteiger partial charge is 0.319 e. The Labute approximate surface area is 71.9 Å². The Balaban J connectivity index is 3.20. The first-order chi connectivity index (χ1) is 5.20. The fourth-order valence-electron chi connectivity index (χ4n) is 0.533. The molecule has 0 aliphatic heterocycles. The summed E-state index contributed by atoms with van der Waals surface area (Å²) in [5.41, 5.74) is 0. The van der Waals surface area contributed by atoms with E-state index in [0.29, 0.717) is 11.8 Å². The van der Waals surface area contributed by atoms with Crippen molar-refractivity contribution in [3.05, 3.63) is 0 Å². The molecule has 1 unspecified atom stereocenters. The Morgan fingerprint density at radius 3 is 2.82 bits per heavy atom. The molecule has 0 bridgehead atoms. The lowest BCUT2D eigenvalue weighted by molar-refractivity contribution is -0.139. The minimum absolute atomic E-state index is 0.210. The molecule has 0 saturated carbocycles. The van der Waals surface area contributed by atoms with E-state index >= 15 is 0 Å². The molecular formula is C7H15NO2S. The summed E-state index contributed by atoms with van der Waals surface area (Å²) in [6.45, 7) is 3.26. The summed E-state index contributed by atoms with van der Waals surface area (Å²) in [5, 5.41) is 3.53. The van der Waals surface area contributed by atoms with E-state index in [2.05, 4.69) is 17.0 Å². The van der Waals surface area contributed by atoms with Gasteiger partial charge in [0.05, 0.1) is 13.7 Å². The van der Waals surface area contributed by atoms with Crippen molar-refractivity contribution in [2.45, 2.75) is 12.2 Å². The molecule has 1 atom stereocenters. The summed E-state index contributed by atoms with van der Waals surface area (Å²) in [4.78, 5) is 10.6. The molecule has 1 N–H and O–H groups in total. The van der Waals surface area contributed by atoms with Gasteiger partial charge in [-0.15, -0.1) is 0 Å². The standard InChI is InChI=1S/C7H15NO2S/c1-6(11-3)4-8-5-7(9)10-2/h6,8H,4-5H2,1-3H3. The topological polar surface area (TPSA) is 38.3 Å². The van der Waals surface area contributed by atoms with Gasteiger partial charge in [0.1, 0.15) is 0 Å². The zero-order valence-electron chi connectivity index (χ0n) is 7.22. The van der Waals surface area contributed by atoms with Crippen LogP contribution in [-0.4, -0.2) is 37.7 Å². The highest BCUT2D eigenvalue weighted by Gasteiger charge is 2.01. The number of esters is 1. The summed E-state index contributed by atoms with van der Waals surface area (Å²) >= 11 is 1.77.